The topological polar surface area (TPSA) is 60.7 Å². The summed E-state index contributed by atoms with van der Waals surface area (Å²) in [4.78, 5) is 22.8. The number of fused-ring (bicyclic) bond motifs is 1. The molecular formula is C14H6ClF5N4O. The van der Waals surface area contributed by atoms with Crippen LogP contribution >= 0.6 is 11.6 Å². The molecule has 0 radical (unpaired) electrons. The highest BCUT2D eigenvalue weighted by Crippen LogP contribution is 2.31. The SMILES string of the molecule is Cn1c(C(F)(F)F)nc2c(-c3ccc(F)cc3F)nc(Cl)nc2c1=O. The third kappa shape index (κ3) is 2.93. The average molecular weight is 377 g/mol. The van der Waals surface area contributed by atoms with Gasteiger partial charge in [0.25, 0.3) is 5.56 Å². The van der Waals surface area contributed by atoms with Gasteiger partial charge in [-0.1, -0.05) is 0 Å². The second kappa shape index (κ2) is 5.73. The predicted octanol–water partition coefficient (Wildman–Crippen LogP) is 3.34. The maximum Gasteiger partial charge on any atom is 0.449 e. The maximum absolute atomic E-state index is 14.0. The number of hydrogen-bond donors (Lipinski definition) is 0. The molecule has 0 unspecified atom stereocenters. The Morgan fingerprint density at radius 3 is 2.36 bits per heavy atom. The minimum Gasteiger partial charge on any atom is -0.290 e. The highest BCUT2D eigenvalue weighted by atomic mass is 35.5. The van der Waals surface area contributed by atoms with Crippen molar-refractivity contribution < 1.29 is 22.0 Å². The number of rotatable bonds is 1. The van der Waals surface area contributed by atoms with Gasteiger partial charge in [0.1, 0.15) is 22.8 Å². The van der Waals surface area contributed by atoms with Gasteiger partial charge in [-0.05, 0) is 23.7 Å². The van der Waals surface area contributed by atoms with Crippen LogP contribution in [0.15, 0.2) is 23.0 Å². The Labute approximate surface area is 140 Å². The van der Waals surface area contributed by atoms with Gasteiger partial charge in [0, 0.05) is 18.7 Å². The van der Waals surface area contributed by atoms with Gasteiger partial charge >= 0.3 is 6.18 Å². The van der Waals surface area contributed by atoms with E-state index in [0.29, 0.717) is 6.07 Å². The molecule has 0 aliphatic carbocycles. The first kappa shape index (κ1) is 17.2. The molecule has 0 atom stereocenters. The minimum atomic E-state index is -4.94. The normalized spacial score (nSPS) is 12.0. The van der Waals surface area contributed by atoms with E-state index in [4.69, 9.17) is 11.6 Å². The highest BCUT2D eigenvalue weighted by molar-refractivity contribution is 6.28. The summed E-state index contributed by atoms with van der Waals surface area (Å²) in [7, 11) is 0.867. The molecule has 0 saturated carbocycles. The first-order valence-electron chi connectivity index (χ1n) is 6.56. The fourth-order valence-corrected chi connectivity index (χ4v) is 2.41. The van der Waals surface area contributed by atoms with Crippen LogP contribution in [0.4, 0.5) is 22.0 Å². The summed E-state index contributed by atoms with van der Waals surface area (Å²) in [5, 5.41) is -0.495. The van der Waals surface area contributed by atoms with Crippen molar-refractivity contribution in [2.45, 2.75) is 6.18 Å². The third-order valence-electron chi connectivity index (χ3n) is 3.34. The van der Waals surface area contributed by atoms with Gasteiger partial charge in [-0.2, -0.15) is 13.2 Å². The molecule has 130 valence electrons. The van der Waals surface area contributed by atoms with Crippen LogP contribution in [0.2, 0.25) is 5.28 Å². The zero-order valence-electron chi connectivity index (χ0n) is 12.2. The molecule has 0 bridgehead atoms. The first-order valence-corrected chi connectivity index (χ1v) is 6.94. The molecule has 0 spiro atoms. The molecule has 11 heteroatoms. The molecule has 0 fully saturated rings. The largest absolute Gasteiger partial charge is 0.449 e. The monoisotopic (exact) mass is 376 g/mol. The van der Waals surface area contributed by atoms with Crippen molar-refractivity contribution in [2.75, 3.05) is 0 Å². The third-order valence-corrected chi connectivity index (χ3v) is 3.51. The Bertz CT molecular complexity index is 1060. The van der Waals surface area contributed by atoms with Crippen LogP contribution in [0.3, 0.4) is 0 Å². The van der Waals surface area contributed by atoms with Crippen LogP contribution in [0, 0.1) is 11.6 Å². The van der Waals surface area contributed by atoms with Gasteiger partial charge in [0.15, 0.2) is 5.52 Å². The van der Waals surface area contributed by atoms with Crippen LogP contribution in [0.25, 0.3) is 22.3 Å². The second-order valence-corrected chi connectivity index (χ2v) is 5.30. The van der Waals surface area contributed by atoms with Crippen LogP contribution in [0.1, 0.15) is 5.82 Å². The van der Waals surface area contributed by atoms with E-state index >= 15 is 0 Å². The molecule has 25 heavy (non-hydrogen) atoms. The summed E-state index contributed by atoms with van der Waals surface area (Å²) < 4.78 is 66.6. The van der Waals surface area contributed by atoms with E-state index in [1.165, 1.54) is 0 Å². The van der Waals surface area contributed by atoms with Gasteiger partial charge in [-0.15, -0.1) is 0 Å². The van der Waals surface area contributed by atoms with Crippen molar-refractivity contribution in [3.05, 3.63) is 51.3 Å². The number of halogens is 6. The standard InChI is InChI=1S/C14H6ClF5N4O/c1-24-11(25)10-9(21-12(24)14(18,19)20)8(22-13(15)23-10)6-3-2-5(16)4-7(6)17/h2-4H,1H3. The molecule has 3 rings (SSSR count). The van der Waals surface area contributed by atoms with Crippen molar-refractivity contribution in [1.82, 2.24) is 19.5 Å². The second-order valence-electron chi connectivity index (χ2n) is 4.96. The lowest BCUT2D eigenvalue weighted by molar-refractivity contribution is -0.147. The summed E-state index contributed by atoms with van der Waals surface area (Å²) >= 11 is 5.69. The molecular weight excluding hydrogens is 371 g/mol. The molecule has 1 aromatic carbocycles. The number of benzene rings is 1. The lowest BCUT2D eigenvalue weighted by atomic mass is 10.1. The number of nitrogens with zero attached hydrogens (tertiary/aromatic N) is 4. The molecule has 0 saturated heterocycles. The molecule has 0 amide bonds. The van der Waals surface area contributed by atoms with Gasteiger partial charge in [-0.25, -0.2) is 23.7 Å². The molecule has 5 nitrogen and oxygen atoms in total. The van der Waals surface area contributed by atoms with Crippen LogP contribution in [-0.2, 0) is 13.2 Å². The minimum absolute atomic E-state index is 0.260. The lowest BCUT2D eigenvalue weighted by Gasteiger charge is -2.13. The van der Waals surface area contributed by atoms with Crippen LogP contribution < -0.4 is 5.56 Å². The maximum atomic E-state index is 14.0. The highest BCUT2D eigenvalue weighted by Gasteiger charge is 2.37. The van der Waals surface area contributed by atoms with Gasteiger partial charge in [-0.3, -0.25) is 9.36 Å². The van der Waals surface area contributed by atoms with Gasteiger partial charge in [0.05, 0.1) is 0 Å². The van der Waals surface area contributed by atoms with E-state index in [1.807, 2.05) is 0 Å². The number of hydrogen-bond acceptors (Lipinski definition) is 4. The Kier molecular flexibility index (Phi) is 3.94. The van der Waals surface area contributed by atoms with E-state index in [1.54, 1.807) is 0 Å². The van der Waals surface area contributed by atoms with Crippen molar-refractivity contribution >= 4 is 22.6 Å². The molecule has 0 aliphatic heterocycles. The zero-order chi connectivity index (χ0) is 18.5. The van der Waals surface area contributed by atoms with Gasteiger partial charge in [0.2, 0.25) is 11.1 Å². The van der Waals surface area contributed by atoms with E-state index in [0.717, 1.165) is 19.2 Å². The lowest BCUT2D eigenvalue weighted by Crippen LogP contribution is -2.28. The van der Waals surface area contributed by atoms with Crippen molar-refractivity contribution in [3.63, 3.8) is 0 Å². The van der Waals surface area contributed by atoms with E-state index < -0.39 is 51.2 Å². The quantitative estimate of drug-likeness (QED) is 0.483. The summed E-state index contributed by atoms with van der Waals surface area (Å²) in [6.45, 7) is 0. The summed E-state index contributed by atoms with van der Waals surface area (Å²) in [5.41, 5.74) is -3.06. The molecule has 0 aliphatic rings. The number of alkyl halides is 3. The fraction of sp³-hybridized carbons (Fsp3) is 0.143. The number of aromatic nitrogens is 4. The van der Waals surface area contributed by atoms with Crippen molar-refractivity contribution in [2.24, 2.45) is 7.05 Å². The molecule has 3 aromatic rings. The molecule has 2 aromatic heterocycles. The first-order chi connectivity index (χ1) is 11.6. The van der Waals surface area contributed by atoms with Crippen molar-refractivity contribution in [3.8, 4) is 11.3 Å². The smallest absolute Gasteiger partial charge is 0.290 e. The van der Waals surface area contributed by atoms with Crippen molar-refractivity contribution in [1.29, 1.82) is 0 Å². The predicted molar refractivity (Wildman–Crippen MR) is 77.9 cm³/mol. The Morgan fingerprint density at radius 2 is 1.76 bits per heavy atom. The summed E-state index contributed by atoms with van der Waals surface area (Å²) in [5.74, 6) is -3.52. The Morgan fingerprint density at radius 1 is 1.08 bits per heavy atom. The summed E-state index contributed by atoms with van der Waals surface area (Å²) in [6.07, 6.45) is -4.94. The van der Waals surface area contributed by atoms with E-state index in [2.05, 4.69) is 15.0 Å². The molecule has 2 heterocycles. The fourth-order valence-electron chi connectivity index (χ4n) is 2.24. The molecule has 0 N–H and O–H groups in total. The summed E-state index contributed by atoms with van der Waals surface area (Å²) in [6, 6.07) is 2.35. The zero-order valence-corrected chi connectivity index (χ0v) is 13.0. The average Bonchev–Trinajstić information content (AvgIpc) is 2.49. The van der Waals surface area contributed by atoms with E-state index in [9.17, 15) is 26.7 Å². The Hall–Kier alpha value is -2.62. The Balaban J connectivity index is 2.48. The van der Waals surface area contributed by atoms with Gasteiger partial charge < -0.3 is 0 Å². The van der Waals surface area contributed by atoms with Crippen LogP contribution in [-0.4, -0.2) is 19.5 Å². The van der Waals surface area contributed by atoms with E-state index in [-0.39, 0.29) is 10.1 Å². The van der Waals surface area contributed by atoms with Crippen LogP contribution in [0.5, 0.6) is 0 Å².